The number of aliphatic hydroxyl groups is 2. The molecule has 0 saturated heterocycles. The average Bonchev–Trinajstić information content (AvgIpc) is 2.64. The van der Waals surface area contributed by atoms with Crippen LogP contribution in [0.25, 0.3) is 0 Å². The Bertz CT molecular complexity index is 589. The summed E-state index contributed by atoms with van der Waals surface area (Å²) in [6.45, 7) is 3.27. The first-order chi connectivity index (χ1) is 12.6. The van der Waals surface area contributed by atoms with Crippen molar-refractivity contribution in [2.24, 2.45) is 0 Å². The van der Waals surface area contributed by atoms with Crippen molar-refractivity contribution in [3.8, 4) is 11.8 Å². The molecule has 3 N–H and O–H groups in total. The average molecular weight is 360 g/mol. The predicted molar refractivity (Wildman–Crippen MR) is 106 cm³/mol. The Kier molecular flexibility index (Phi) is 11.4. The highest BCUT2D eigenvalue weighted by Crippen LogP contribution is 2.18. The minimum atomic E-state index is -0.964. The van der Waals surface area contributed by atoms with E-state index in [1.54, 1.807) is 6.07 Å². The van der Waals surface area contributed by atoms with Crippen LogP contribution >= 0.6 is 0 Å². The van der Waals surface area contributed by atoms with Crippen LogP contribution in [0.5, 0.6) is 0 Å². The van der Waals surface area contributed by atoms with Gasteiger partial charge in [-0.3, -0.25) is 4.79 Å². The van der Waals surface area contributed by atoms with Gasteiger partial charge < -0.3 is 15.5 Å². The molecule has 0 aliphatic rings. The fraction of sp³-hybridized carbons (Fsp3) is 0.591. The summed E-state index contributed by atoms with van der Waals surface area (Å²) in [6, 6.07) is 6.60. The van der Waals surface area contributed by atoms with E-state index in [1.807, 2.05) is 18.2 Å². The molecular formula is C22H33NO3. The third kappa shape index (κ3) is 9.03. The van der Waals surface area contributed by atoms with Crippen LogP contribution < -0.4 is 5.32 Å². The van der Waals surface area contributed by atoms with E-state index in [4.69, 9.17) is 0 Å². The molecule has 144 valence electrons. The molecule has 0 aromatic heterocycles. The molecule has 0 saturated carbocycles. The number of hydrogen-bond donors (Lipinski definition) is 3. The minimum absolute atomic E-state index is 0.284. The van der Waals surface area contributed by atoms with Crippen molar-refractivity contribution in [3.05, 3.63) is 35.4 Å². The molecule has 0 spiro atoms. The van der Waals surface area contributed by atoms with E-state index in [0.29, 0.717) is 5.56 Å². The van der Waals surface area contributed by atoms with Gasteiger partial charge in [0, 0.05) is 18.9 Å². The maximum atomic E-state index is 11.2. The molecule has 0 heterocycles. The lowest BCUT2D eigenvalue weighted by Crippen LogP contribution is -2.40. The molecule has 0 radical (unpaired) electrons. The van der Waals surface area contributed by atoms with Crippen molar-refractivity contribution in [2.75, 3.05) is 6.61 Å². The van der Waals surface area contributed by atoms with Gasteiger partial charge in [-0.2, -0.15) is 0 Å². The van der Waals surface area contributed by atoms with Crippen LogP contribution in [0.2, 0.25) is 0 Å². The first kappa shape index (κ1) is 22.2. The van der Waals surface area contributed by atoms with Crippen LogP contribution in [0.3, 0.4) is 0 Å². The van der Waals surface area contributed by atoms with E-state index in [2.05, 4.69) is 24.1 Å². The Balaban J connectivity index is 2.48. The number of nitrogens with one attached hydrogen (secondary N) is 1. The summed E-state index contributed by atoms with van der Waals surface area (Å²) in [5.74, 6) is 6.05. The SMILES string of the molecule is CCCCCCCCCC#Cc1cccc(C(O)C(CO)NC(C)=O)c1. The number of unbranched alkanes of at least 4 members (excludes halogenated alkanes) is 7. The first-order valence-electron chi connectivity index (χ1n) is 9.73. The highest BCUT2D eigenvalue weighted by molar-refractivity contribution is 5.73. The van der Waals surface area contributed by atoms with Crippen LogP contribution in [0.4, 0.5) is 0 Å². The Morgan fingerprint density at radius 3 is 2.50 bits per heavy atom. The smallest absolute Gasteiger partial charge is 0.217 e. The molecule has 4 heteroatoms. The fourth-order valence-electron chi connectivity index (χ4n) is 2.85. The first-order valence-corrected chi connectivity index (χ1v) is 9.73. The molecule has 4 nitrogen and oxygen atoms in total. The molecule has 0 aliphatic carbocycles. The monoisotopic (exact) mass is 359 g/mol. The zero-order valence-corrected chi connectivity index (χ0v) is 16.1. The Labute approximate surface area is 158 Å². The minimum Gasteiger partial charge on any atom is -0.394 e. The third-order valence-corrected chi connectivity index (χ3v) is 4.33. The number of aliphatic hydroxyl groups excluding tert-OH is 2. The van der Waals surface area contributed by atoms with Gasteiger partial charge in [-0.15, -0.1) is 0 Å². The summed E-state index contributed by atoms with van der Waals surface area (Å²) in [5, 5.41) is 22.3. The van der Waals surface area contributed by atoms with Crippen LogP contribution in [0.15, 0.2) is 24.3 Å². The molecule has 0 fully saturated rings. The molecule has 26 heavy (non-hydrogen) atoms. The summed E-state index contributed by atoms with van der Waals surface area (Å²) in [5.41, 5.74) is 1.48. The van der Waals surface area contributed by atoms with Crippen molar-refractivity contribution < 1.29 is 15.0 Å². The Morgan fingerprint density at radius 2 is 1.85 bits per heavy atom. The quantitative estimate of drug-likeness (QED) is 0.417. The number of rotatable bonds is 11. The molecule has 1 amide bonds. The molecule has 1 aromatic carbocycles. The number of hydrogen-bond acceptors (Lipinski definition) is 3. The highest BCUT2D eigenvalue weighted by Gasteiger charge is 2.21. The summed E-state index contributed by atoms with van der Waals surface area (Å²) in [4.78, 5) is 11.2. The fourth-order valence-corrected chi connectivity index (χ4v) is 2.85. The van der Waals surface area contributed by atoms with Crippen molar-refractivity contribution in [1.29, 1.82) is 0 Å². The molecular weight excluding hydrogens is 326 g/mol. The maximum absolute atomic E-state index is 11.2. The van der Waals surface area contributed by atoms with Crippen molar-refractivity contribution >= 4 is 5.91 Å². The number of benzene rings is 1. The predicted octanol–water partition coefficient (Wildman–Crippen LogP) is 3.71. The van der Waals surface area contributed by atoms with Gasteiger partial charge in [0.1, 0.15) is 6.10 Å². The van der Waals surface area contributed by atoms with Crippen LogP contribution in [0.1, 0.15) is 82.4 Å². The van der Waals surface area contributed by atoms with E-state index in [0.717, 1.165) is 18.4 Å². The molecule has 1 rings (SSSR count). The van der Waals surface area contributed by atoms with E-state index >= 15 is 0 Å². The number of carbonyl (C=O) groups excluding carboxylic acids is 1. The number of amides is 1. The largest absolute Gasteiger partial charge is 0.394 e. The molecule has 1 aromatic rings. The van der Waals surface area contributed by atoms with Crippen molar-refractivity contribution in [2.45, 2.75) is 77.4 Å². The van der Waals surface area contributed by atoms with Gasteiger partial charge >= 0.3 is 0 Å². The zero-order chi connectivity index (χ0) is 19.2. The third-order valence-electron chi connectivity index (χ3n) is 4.33. The van der Waals surface area contributed by atoms with Gasteiger partial charge in [0.15, 0.2) is 0 Å². The van der Waals surface area contributed by atoms with Gasteiger partial charge in [-0.05, 0) is 24.1 Å². The van der Waals surface area contributed by atoms with E-state index in [1.165, 1.54) is 45.4 Å². The van der Waals surface area contributed by atoms with Crippen LogP contribution in [-0.2, 0) is 4.79 Å². The van der Waals surface area contributed by atoms with E-state index < -0.39 is 12.1 Å². The summed E-state index contributed by atoms with van der Waals surface area (Å²) >= 11 is 0. The Hall–Kier alpha value is -1.83. The van der Waals surface area contributed by atoms with Gasteiger partial charge in [0.05, 0.1) is 12.6 Å². The lowest BCUT2D eigenvalue weighted by Gasteiger charge is -2.22. The van der Waals surface area contributed by atoms with Crippen LogP contribution in [0, 0.1) is 11.8 Å². The molecule has 0 bridgehead atoms. The van der Waals surface area contributed by atoms with Crippen LogP contribution in [-0.4, -0.2) is 28.8 Å². The summed E-state index contributed by atoms with van der Waals surface area (Å²) in [7, 11) is 0. The van der Waals surface area contributed by atoms with Gasteiger partial charge in [0.25, 0.3) is 0 Å². The van der Waals surface area contributed by atoms with Gasteiger partial charge in [0.2, 0.25) is 5.91 Å². The summed E-state index contributed by atoms with van der Waals surface area (Å²) in [6.07, 6.45) is 8.83. The maximum Gasteiger partial charge on any atom is 0.217 e. The second-order valence-corrected chi connectivity index (χ2v) is 6.73. The number of carbonyl (C=O) groups is 1. The molecule has 0 aliphatic heterocycles. The topological polar surface area (TPSA) is 69.6 Å². The highest BCUT2D eigenvalue weighted by atomic mass is 16.3. The summed E-state index contributed by atoms with van der Waals surface area (Å²) < 4.78 is 0. The molecule has 2 atom stereocenters. The zero-order valence-electron chi connectivity index (χ0n) is 16.1. The second-order valence-electron chi connectivity index (χ2n) is 6.73. The second kappa shape index (κ2) is 13.4. The van der Waals surface area contributed by atoms with Gasteiger partial charge in [-0.1, -0.05) is 69.4 Å². The normalized spacial score (nSPS) is 12.8. The lowest BCUT2D eigenvalue weighted by atomic mass is 10.0. The van der Waals surface area contributed by atoms with Gasteiger partial charge in [-0.25, -0.2) is 0 Å². The standard InChI is InChI=1S/C22H33NO3/c1-3-4-5-6-7-8-9-10-11-13-19-14-12-15-20(16-19)22(26)21(17-24)23-18(2)25/h12,14-16,21-22,24,26H,3-10,17H2,1-2H3,(H,23,25). The van der Waals surface area contributed by atoms with E-state index in [9.17, 15) is 15.0 Å². The van der Waals surface area contributed by atoms with Crippen molar-refractivity contribution in [3.63, 3.8) is 0 Å². The Morgan fingerprint density at radius 1 is 1.15 bits per heavy atom. The molecule has 2 unspecified atom stereocenters. The van der Waals surface area contributed by atoms with Crippen molar-refractivity contribution in [1.82, 2.24) is 5.32 Å². The lowest BCUT2D eigenvalue weighted by molar-refractivity contribution is -0.121. The van der Waals surface area contributed by atoms with E-state index in [-0.39, 0.29) is 12.5 Å².